The van der Waals surface area contributed by atoms with Crippen molar-refractivity contribution in [2.45, 2.75) is 26.7 Å². The van der Waals surface area contributed by atoms with E-state index in [1.807, 2.05) is 0 Å². The van der Waals surface area contributed by atoms with Crippen LogP contribution in [-0.4, -0.2) is 9.52 Å². The number of benzene rings is 2. The minimum absolute atomic E-state index is 0. The quantitative estimate of drug-likeness (QED) is 0.384. The molecule has 0 bridgehead atoms. The van der Waals surface area contributed by atoms with Gasteiger partial charge in [-0.2, -0.15) is 12.2 Å². The average molecular weight is 506 g/mol. The molecule has 28 heavy (non-hydrogen) atoms. The topological polar surface area (TPSA) is 0 Å². The molecule has 0 atom stereocenters. The summed E-state index contributed by atoms with van der Waals surface area (Å²) in [6.07, 6.45) is 16.7. The van der Waals surface area contributed by atoms with Crippen molar-refractivity contribution in [3.63, 3.8) is 0 Å². The van der Waals surface area contributed by atoms with E-state index in [0.29, 0.717) is 0 Å². The number of rotatable bonds is 2. The van der Waals surface area contributed by atoms with Crippen molar-refractivity contribution in [1.29, 1.82) is 0 Å². The van der Waals surface area contributed by atoms with Gasteiger partial charge in [0.05, 0.1) is 0 Å². The zero-order valence-electron chi connectivity index (χ0n) is 16.4. The summed E-state index contributed by atoms with van der Waals surface area (Å²) in [6, 6.07) is 21.3. The molecule has 0 aromatic heterocycles. The van der Waals surface area contributed by atoms with E-state index in [4.69, 9.17) is 0 Å². The molecule has 0 fully saturated rings. The molecule has 0 unspecified atom stereocenters. The van der Waals surface area contributed by atoms with Gasteiger partial charge < -0.3 is 0 Å². The monoisotopic (exact) mass is 503 g/mol. The van der Waals surface area contributed by atoms with Crippen LogP contribution in [0.25, 0.3) is 0 Å². The van der Waals surface area contributed by atoms with Gasteiger partial charge in [-0.25, -0.2) is 23.3 Å². The van der Waals surface area contributed by atoms with Gasteiger partial charge in [0.2, 0.25) is 0 Å². The fourth-order valence-electron chi connectivity index (χ4n) is 2.32. The van der Waals surface area contributed by atoms with Gasteiger partial charge in [-0.1, -0.05) is 84.9 Å². The molecule has 2 aliphatic rings. The van der Waals surface area contributed by atoms with Crippen molar-refractivity contribution in [3.8, 4) is 0 Å². The maximum absolute atomic E-state index is 3.12. The number of hydrogen-bond acceptors (Lipinski definition) is 0. The summed E-state index contributed by atoms with van der Waals surface area (Å²) in [6.45, 7) is 4.12. The summed E-state index contributed by atoms with van der Waals surface area (Å²) >= 11 is 0. The molecule has 4 rings (SSSR count). The van der Waals surface area contributed by atoms with E-state index < -0.39 is 0 Å². The molecule has 0 aliphatic heterocycles. The summed E-state index contributed by atoms with van der Waals surface area (Å²) in [4.78, 5) is 0. The molecule has 0 nitrogen and oxygen atoms in total. The maximum Gasteiger partial charge on any atom is 2.00 e. The van der Waals surface area contributed by atoms with E-state index in [1.54, 1.807) is 0 Å². The van der Waals surface area contributed by atoms with Crippen LogP contribution in [0.2, 0.25) is 0 Å². The van der Waals surface area contributed by atoms with Crippen LogP contribution in [-0.2, 0) is 26.2 Å². The van der Waals surface area contributed by atoms with E-state index in [1.165, 1.54) is 21.5 Å². The molecule has 4 heteroatoms. The van der Waals surface area contributed by atoms with Crippen LogP contribution in [0.5, 0.6) is 0 Å². The first kappa shape index (κ1) is 29.3. The predicted molar refractivity (Wildman–Crippen MR) is 126 cm³/mol. The van der Waals surface area contributed by atoms with Gasteiger partial charge in [-0.3, -0.25) is 12.2 Å². The Morgan fingerprint density at radius 2 is 1.00 bits per heavy atom. The van der Waals surface area contributed by atoms with Crippen LogP contribution in [0.15, 0.2) is 96.1 Å². The molecule has 2 aromatic carbocycles. The summed E-state index contributed by atoms with van der Waals surface area (Å²) in [5.41, 5.74) is 2.55. The van der Waals surface area contributed by atoms with Crippen molar-refractivity contribution in [2.24, 2.45) is 0 Å². The Bertz CT molecular complexity index is 680. The summed E-state index contributed by atoms with van der Waals surface area (Å²) in [5, 5.41) is 2.90. The smallest absolute Gasteiger partial charge is 0.270 e. The van der Waals surface area contributed by atoms with Gasteiger partial charge in [-0.15, -0.1) is 37.7 Å². The molecular formula is C24H27Cl2SiZr. The van der Waals surface area contributed by atoms with Gasteiger partial charge in [0.15, 0.2) is 0 Å². The molecule has 2 aromatic rings. The Kier molecular flexibility index (Phi) is 19.0. The Hall–Kier alpha value is -0.920. The first-order valence-corrected chi connectivity index (χ1v) is 9.82. The first-order chi connectivity index (χ1) is 12.2. The Morgan fingerprint density at radius 1 is 0.643 bits per heavy atom. The van der Waals surface area contributed by atoms with Crippen LogP contribution < -0.4 is 10.4 Å². The summed E-state index contributed by atoms with van der Waals surface area (Å²) in [7, 11) is 0.271. The van der Waals surface area contributed by atoms with E-state index in [-0.39, 0.29) is 60.5 Å². The van der Waals surface area contributed by atoms with Crippen LogP contribution >= 0.6 is 24.8 Å². The van der Waals surface area contributed by atoms with Crippen molar-refractivity contribution in [1.82, 2.24) is 0 Å². The van der Waals surface area contributed by atoms with E-state index in [0.717, 1.165) is 12.8 Å². The molecule has 2 aliphatic carbocycles. The Labute approximate surface area is 204 Å². The summed E-state index contributed by atoms with van der Waals surface area (Å²) < 4.78 is 0. The van der Waals surface area contributed by atoms with Crippen molar-refractivity contribution in [2.75, 3.05) is 0 Å². The van der Waals surface area contributed by atoms with Gasteiger partial charge in [-0.05, 0) is 0 Å². The third-order valence-corrected chi connectivity index (χ3v) is 5.10. The number of allylic oxidation sites excluding steroid dienone is 8. The number of halogens is 2. The molecule has 0 heterocycles. The van der Waals surface area contributed by atoms with E-state index in [2.05, 4.69) is 111 Å². The third-order valence-electron chi connectivity index (χ3n) is 3.67. The Balaban J connectivity index is 0. The normalized spacial score (nSPS) is 12.5. The zero-order chi connectivity index (χ0) is 17.7. The fourth-order valence-corrected chi connectivity index (χ4v) is 3.53. The second-order valence-corrected chi connectivity index (χ2v) is 7.52. The van der Waals surface area contributed by atoms with Crippen LogP contribution in [0.1, 0.15) is 26.7 Å². The molecule has 145 valence electrons. The Morgan fingerprint density at radius 3 is 1.21 bits per heavy atom. The standard InChI is InChI=1S/C12H11Si.2C6H7.2ClH.Zr/c1-3-7-11(8-4-1)13-12-9-5-2-6-10-12;2*1-6-4-2-3-5-6;;;/h1-10,13H;2*2,4H,3H2,1H3;2*1H;/q;2*-1;;;+2. The molecule has 0 saturated carbocycles. The van der Waals surface area contributed by atoms with Crippen LogP contribution in [0, 0.1) is 12.2 Å². The van der Waals surface area contributed by atoms with Crippen molar-refractivity contribution >= 4 is 44.7 Å². The second kappa shape index (κ2) is 18.1. The maximum atomic E-state index is 3.12. The molecule has 0 saturated heterocycles. The molecular weight excluding hydrogens is 478 g/mol. The van der Waals surface area contributed by atoms with E-state index >= 15 is 0 Å². The minimum atomic E-state index is 0. The van der Waals surface area contributed by atoms with Gasteiger partial charge in [0.1, 0.15) is 9.52 Å². The van der Waals surface area contributed by atoms with Gasteiger partial charge in [0, 0.05) is 0 Å². The largest absolute Gasteiger partial charge is 2.00 e. The molecule has 1 radical (unpaired) electrons. The van der Waals surface area contributed by atoms with Crippen LogP contribution in [0.3, 0.4) is 0 Å². The number of hydrogen-bond donors (Lipinski definition) is 0. The fraction of sp³-hybridized carbons (Fsp3) is 0.167. The summed E-state index contributed by atoms with van der Waals surface area (Å²) in [5.74, 6) is 0. The predicted octanol–water partition coefficient (Wildman–Crippen LogP) is 5.31. The van der Waals surface area contributed by atoms with E-state index in [9.17, 15) is 0 Å². The van der Waals surface area contributed by atoms with Crippen LogP contribution in [0.4, 0.5) is 0 Å². The van der Waals surface area contributed by atoms with Gasteiger partial charge in [0.25, 0.3) is 0 Å². The SMILES string of the molecule is CC1=[C-]CC=C1.CC1=[C-]CC=C1.Cl.Cl.[Zr+2].c1ccc([SiH]c2ccccc2)cc1. The molecule has 0 spiro atoms. The average Bonchev–Trinajstić information content (AvgIpc) is 3.31. The minimum Gasteiger partial charge on any atom is -0.270 e. The third kappa shape index (κ3) is 13.3. The second-order valence-electron chi connectivity index (χ2n) is 5.90. The zero-order valence-corrected chi connectivity index (χ0v) is 21.6. The molecule has 0 N–H and O–H groups in total. The van der Waals surface area contributed by atoms with Crippen molar-refractivity contribution < 1.29 is 26.2 Å². The van der Waals surface area contributed by atoms with Gasteiger partial charge >= 0.3 is 26.2 Å². The molecule has 0 amide bonds. The van der Waals surface area contributed by atoms with Crippen molar-refractivity contribution in [3.05, 3.63) is 108 Å². The first-order valence-electron chi connectivity index (χ1n) is 8.67.